The molecule has 4 aromatic rings. The fourth-order valence-corrected chi connectivity index (χ4v) is 2.87. The van der Waals surface area contributed by atoms with E-state index < -0.39 is 0 Å². The Bertz CT molecular complexity index is 1070. The number of phenols is 1. The molecule has 0 saturated carbocycles. The van der Waals surface area contributed by atoms with Crippen molar-refractivity contribution >= 4 is 56.8 Å². The van der Waals surface area contributed by atoms with Crippen LogP contribution in [0.5, 0.6) is 5.75 Å². The molecule has 2 aromatic carbocycles. The van der Waals surface area contributed by atoms with E-state index in [1.165, 1.54) is 6.21 Å². The molecular weight excluding hydrogens is 419 g/mol. The minimum Gasteiger partial charge on any atom is -0.507 e. The summed E-state index contributed by atoms with van der Waals surface area (Å²) in [5.74, 6) is 0.432. The lowest BCUT2D eigenvalue weighted by atomic mass is 10.2. The number of benzene rings is 2. The van der Waals surface area contributed by atoms with E-state index in [2.05, 4.69) is 53.3 Å². The molecule has 0 spiro atoms. The number of aromatic nitrogens is 4. The zero-order valence-corrected chi connectivity index (χ0v) is 14.4. The van der Waals surface area contributed by atoms with Crippen LogP contribution in [0, 0.1) is 3.57 Å². The van der Waals surface area contributed by atoms with Crippen molar-refractivity contribution in [2.45, 2.75) is 0 Å². The molecule has 0 amide bonds. The van der Waals surface area contributed by atoms with Crippen molar-refractivity contribution in [3.05, 3.63) is 51.6 Å². The Morgan fingerprint density at radius 1 is 1.17 bits per heavy atom. The molecule has 3 N–H and O–H groups in total. The summed E-state index contributed by atoms with van der Waals surface area (Å²) in [5.41, 5.74) is 5.65. The SMILES string of the molecule is Oc1ccc(I)cc1/C=N\Nc1nnc2c(n1)[nH]c1ccccc12. The van der Waals surface area contributed by atoms with Crippen LogP contribution in [-0.2, 0) is 0 Å². The van der Waals surface area contributed by atoms with Gasteiger partial charge >= 0.3 is 0 Å². The molecule has 0 radical (unpaired) electrons. The Labute approximate surface area is 150 Å². The number of halogens is 1. The van der Waals surface area contributed by atoms with E-state index in [1.54, 1.807) is 6.07 Å². The van der Waals surface area contributed by atoms with Gasteiger partial charge in [0.15, 0.2) is 5.65 Å². The lowest BCUT2D eigenvalue weighted by Gasteiger charge is -2.00. The number of nitrogens with zero attached hydrogens (tertiary/aromatic N) is 4. The minimum atomic E-state index is 0.158. The van der Waals surface area contributed by atoms with Crippen molar-refractivity contribution in [1.82, 2.24) is 20.2 Å². The molecule has 0 aliphatic heterocycles. The van der Waals surface area contributed by atoms with Gasteiger partial charge in [-0.25, -0.2) is 5.43 Å². The summed E-state index contributed by atoms with van der Waals surface area (Å²) in [6.07, 6.45) is 1.51. The maximum Gasteiger partial charge on any atom is 0.265 e. The van der Waals surface area contributed by atoms with Crippen LogP contribution in [0.1, 0.15) is 5.56 Å². The van der Waals surface area contributed by atoms with E-state index in [0.29, 0.717) is 11.2 Å². The van der Waals surface area contributed by atoms with E-state index in [1.807, 2.05) is 36.4 Å². The molecule has 2 heterocycles. The molecule has 2 aromatic heterocycles. The van der Waals surface area contributed by atoms with Crippen molar-refractivity contribution in [3.8, 4) is 5.75 Å². The third-order valence-electron chi connectivity index (χ3n) is 3.48. The van der Waals surface area contributed by atoms with Gasteiger partial charge in [-0.05, 0) is 46.9 Å². The first kappa shape index (κ1) is 14.8. The average molecular weight is 430 g/mol. The first-order valence-corrected chi connectivity index (χ1v) is 8.17. The Kier molecular flexibility index (Phi) is 3.73. The number of aromatic amines is 1. The van der Waals surface area contributed by atoms with Gasteiger partial charge in [0.2, 0.25) is 0 Å². The number of hydrogen-bond donors (Lipinski definition) is 3. The number of aromatic hydroxyl groups is 1. The highest BCUT2D eigenvalue weighted by Crippen LogP contribution is 2.22. The van der Waals surface area contributed by atoms with Gasteiger partial charge in [0.25, 0.3) is 5.95 Å². The number of rotatable bonds is 3. The Morgan fingerprint density at radius 2 is 2.04 bits per heavy atom. The standard InChI is InChI=1S/C16H11IN6O/c17-10-5-6-13(24)9(7-10)8-18-22-16-20-15-14(21-23-16)11-3-1-2-4-12(11)19-15/h1-8,24H,(H2,19,20,22,23)/b18-8-. The Hall–Kier alpha value is -2.75. The summed E-state index contributed by atoms with van der Waals surface area (Å²) in [7, 11) is 0. The van der Waals surface area contributed by atoms with E-state index in [-0.39, 0.29) is 11.7 Å². The van der Waals surface area contributed by atoms with E-state index in [4.69, 9.17) is 0 Å². The predicted octanol–water partition coefficient (Wildman–Crippen LogP) is 3.26. The number of H-pyrrole nitrogens is 1. The molecule has 0 fully saturated rings. The molecule has 0 aliphatic rings. The first-order chi connectivity index (χ1) is 11.7. The summed E-state index contributed by atoms with van der Waals surface area (Å²) < 4.78 is 1.00. The zero-order valence-electron chi connectivity index (χ0n) is 12.2. The van der Waals surface area contributed by atoms with Crippen LogP contribution in [0.25, 0.3) is 22.1 Å². The third-order valence-corrected chi connectivity index (χ3v) is 4.15. The molecule has 0 saturated heterocycles. The second-order valence-corrected chi connectivity index (χ2v) is 6.32. The van der Waals surface area contributed by atoms with Crippen LogP contribution in [-0.4, -0.2) is 31.5 Å². The molecule has 0 atom stereocenters. The number of anilines is 1. The second kappa shape index (κ2) is 6.04. The molecule has 7 nitrogen and oxygen atoms in total. The Balaban J connectivity index is 1.61. The maximum atomic E-state index is 9.78. The van der Waals surface area contributed by atoms with E-state index in [0.717, 1.165) is 20.0 Å². The third kappa shape index (κ3) is 2.75. The molecule has 24 heavy (non-hydrogen) atoms. The molecule has 0 unspecified atom stereocenters. The monoisotopic (exact) mass is 430 g/mol. The molecule has 0 bridgehead atoms. The summed E-state index contributed by atoms with van der Waals surface area (Å²) in [6.45, 7) is 0. The summed E-state index contributed by atoms with van der Waals surface area (Å²) in [6, 6.07) is 13.1. The number of para-hydroxylation sites is 1. The van der Waals surface area contributed by atoms with Crippen LogP contribution in [0.2, 0.25) is 0 Å². The van der Waals surface area contributed by atoms with Crippen LogP contribution in [0.4, 0.5) is 5.95 Å². The topological polar surface area (TPSA) is 99.1 Å². The number of nitrogens with one attached hydrogen (secondary N) is 2. The number of fused-ring (bicyclic) bond motifs is 3. The fraction of sp³-hybridized carbons (Fsp3) is 0. The fourth-order valence-electron chi connectivity index (χ4n) is 2.36. The quantitative estimate of drug-likeness (QED) is 0.263. The van der Waals surface area contributed by atoms with Crippen LogP contribution in [0.3, 0.4) is 0 Å². The van der Waals surface area contributed by atoms with Crippen LogP contribution in [0.15, 0.2) is 47.6 Å². The van der Waals surface area contributed by atoms with Crippen molar-refractivity contribution in [1.29, 1.82) is 0 Å². The first-order valence-electron chi connectivity index (χ1n) is 7.09. The molecule has 118 valence electrons. The summed E-state index contributed by atoms with van der Waals surface area (Å²) in [5, 5.41) is 23.0. The molecule has 0 aliphatic carbocycles. The summed E-state index contributed by atoms with van der Waals surface area (Å²) in [4.78, 5) is 7.56. The average Bonchev–Trinajstić information content (AvgIpc) is 2.96. The Morgan fingerprint density at radius 3 is 2.96 bits per heavy atom. The number of hydrazone groups is 1. The van der Waals surface area contributed by atoms with Gasteiger partial charge in [-0.15, -0.1) is 10.2 Å². The van der Waals surface area contributed by atoms with Gasteiger partial charge in [-0.1, -0.05) is 18.2 Å². The number of phenolic OH excluding ortho intramolecular Hbond substituents is 1. The molecule has 4 rings (SSSR count). The van der Waals surface area contributed by atoms with Gasteiger partial charge in [0.1, 0.15) is 11.3 Å². The maximum absolute atomic E-state index is 9.78. The number of hydrogen-bond acceptors (Lipinski definition) is 6. The zero-order chi connectivity index (χ0) is 16.5. The predicted molar refractivity (Wildman–Crippen MR) is 101 cm³/mol. The van der Waals surface area contributed by atoms with Gasteiger partial charge in [-0.2, -0.15) is 10.1 Å². The van der Waals surface area contributed by atoms with Gasteiger partial charge in [-0.3, -0.25) is 0 Å². The smallest absolute Gasteiger partial charge is 0.265 e. The van der Waals surface area contributed by atoms with Crippen molar-refractivity contribution in [2.24, 2.45) is 5.10 Å². The minimum absolute atomic E-state index is 0.158. The molecule has 8 heteroatoms. The largest absolute Gasteiger partial charge is 0.507 e. The van der Waals surface area contributed by atoms with Crippen molar-refractivity contribution in [2.75, 3.05) is 5.43 Å². The van der Waals surface area contributed by atoms with Crippen LogP contribution >= 0.6 is 22.6 Å². The van der Waals surface area contributed by atoms with E-state index in [9.17, 15) is 5.11 Å². The van der Waals surface area contributed by atoms with Crippen LogP contribution < -0.4 is 5.43 Å². The highest BCUT2D eigenvalue weighted by Gasteiger charge is 2.08. The second-order valence-electron chi connectivity index (χ2n) is 5.08. The highest BCUT2D eigenvalue weighted by molar-refractivity contribution is 14.1. The van der Waals surface area contributed by atoms with Gasteiger partial charge in [0, 0.05) is 20.0 Å². The van der Waals surface area contributed by atoms with Crippen molar-refractivity contribution in [3.63, 3.8) is 0 Å². The van der Waals surface area contributed by atoms with E-state index >= 15 is 0 Å². The van der Waals surface area contributed by atoms with Crippen molar-refractivity contribution < 1.29 is 5.11 Å². The molecular formula is C16H11IN6O. The normalized spacial score (nSPS) is 11.5. The van der Waals surface area contributed by atoms with Gasteiger partial charge < -0.3 is 10.1 Å². The lowest BCUT2D eigenvalue weighted by Crippen LogP contribution is -1.99. The highest BCUT2D eigenvalue weighted by atomic mass is 127. The van der Waals surface area contributed by atoms with Gasteiger partial charge in [0.05, 0.1) is 6.21 Å². The summed E-state index contributed by atoms with van der Waals surface area (Å²) >= 11 is 2.17. The lowest BCUT2D eigenvalue weighted by molar-refractivity contribution is 0.474.